The predicted molar refractivity (Wildman–Crippen MR) is 133 cm³/mol. The highest BCUT2D eigenvalue weighted by atomic mass is 32.2. The van der Waals surface area contributed by atoms with Crippen molar-refractivity contribution >= 4 is 37.5 Å². The molecule has 1 aliphatic rings. The van der Waals surface area contributed by atoms with Gasteiger partial charge < -0.3 is 4.57 Å². The summed E-state index contributed by atoms with van der Waals surface area (Å²) in [5.41, 5.74) is 3.90. The third-order valence-electron chi connectivity index (χ3n) is 6.39. The second-order valence-corrected chi connectivity index (χ2v) is 11.7. The minimum absolute atomic E-state index is 0.00527. The van der Waals surface area contributed by atoms with Crippen molar-refractivity contribution < 1.29 is 13.2 Å². The Morgan fingerprint density at radius 2 is 1.82 bits per heavy atom. The SMILES string of the molecule is CCCn1c(=NC(=O)c2ccc(S(=O)(=O)N3CCCCC3C)cc2)sc2cc(C)c(C)cc21. The fourth-order valence-corrected chi connectivity index (χ4v) is 7.17. The number of piperidine rings is 1. The molecule has 2 aromatic carbocycles. The van der Waals surface area contributed by atoms with Crippen LogP contribution in [-0.2, 0) is 16.6 Å². The summed E-state index contributed by atoms with van der Waals surface area (Å²) >= 11 is 1.51. The van der Waals surface area contributed by atoms with E-state index in [1.165, 1.54) is 34.6 Å². The third-order valence-corrected chi connectivity index (χ3v) is 9.46. The molecule has 176 valence electrons. The number of amides is 1. The second-order valence-electron chi connectivity index (χ2n) is 8.84. The number of nitrogens with zero attached hydrogens (tertiary/aromatic N) is 3. The van der Waals surface area contributed by atoms with E-state index in [1.807, 2.05) is 6.92 Å². The highest BCUT2D eigenvalue weighted by Crippen LogP contribution is 2.26. The molecule has 1 aromatic heterocycles. The van der Waals surface area contributed by atoms with Crippen molar-refractivity contribution in [3.8, 4) is 0 Å². The van der Waals surface area contributed by atoms with Crippen molar-refractivity contribution in [3.05, 3.63) is 57.9 Å². The average Bonchev–Trinajstić information content (AvgIpc) is 3.10. The van der Waals surface area contributed by atoms with Crippen molar-refractivity contribution in [3.63, 3.8) is 0 Å². The summed E-state index contributed by atoms with van der Waals surface area (Å²) in [7, 11) is -3.56. The monoisotopic (exact) mass is 485 g/mol. The molecule has 0 saturated carbocycles. The summed E-state index contributed by atoms with van der Waals surface area (Å²) in [6.07, 6.45) is 3.74. The summed E-state index contributed by atoms with van der Waals surface area (Å²) in [6, 6.07) is 10.5. The fraction of sp³-hybridized carbons (Fsp3) is 0.440. The first-order valence-corrected chi connectivity index (χ1v) is 13.8. The fourth-order valence-electron chi connectivity index (χ4n) is 4.33. The number of fused-ring (bicyclic) bond motifs is 1. The normalized spacial score (nSPS) is 18.2. The maximum atomic E-state index is 13.1. The molecular weight excluding hydrogens is 454 g/mol. The number of carbonyl (C=O) groups excluding carboxylic acids is 1. The van der Waals surface area contributed by atoms with Gasteiger partial charge in [0, 0.05) is 24.7 Å². The van der Waals surface area contributed by atoms with Crippen molar-refractivity contribution in [1.82, 2.24) is 8.87 Å². The van der Waals surface area contributed by atoms with Crippen LogP contribution in [0.2, 0.25) is 0 Å². The van der Waals surface area contributed by atoms with Gasteiger partial charge in [-0.3, -0.25) is 4.79 Å². The van der Waals surface area contributed by atoms with Crippen LogP contribution in [0.1, 0.15) is 61.0 Å². The Bertz CT molecular complexity index is 1350. The van der Waals surface area contributed by atoms with Crippen LogP contribution >= 0.6 is 11.3 Å². The molecule has 0 aliphatic carbocycles. The van der Waals surface area contributed by atoms with Crippen LogP contribution in [0.3, 0.4) is 0 Å². The molecular formula is C25H31N3O3S2. The number of hydrogen-bond acceptors (Lipinski definition) is 4. The number of sulfonamides is 1. The van der Waals surface area contributed by atoms with E-state index in [1.54, 1.807) is 16.4 Å². The van der Waals surface area contributed by atoms with Gasteiger partial charge in [-0.25, -0.2) is 8.42 Å². The number of aryl methyl sites for hydroxylation is 3. The molecule has 33 heavy (non-hydrogen) atoms. The van der Waals surface area contributed by atoms with E-state index in [-0.39, 0.29) is 16.8 Å². The molecule has 0 spiro atoms. The van der Waals surface area contributed by atoms with Crippen molar-refractivity contribution in [2.24, 2.45) is 4.99 Å². The quantitative estimate of drug-likeness (QED) is 0.509. The van der Waals surface area contributed by atoms with Crippen molar-refractivity contribution in [2.75, 3.05) is 6.54 Å². The van der Waals surface area contributed by atoms with Gasteiger partial charge in [0.1, 0.15) is 0 Å². The summed E-state index contributed by atoms with van der Waals surface area (Å²) in [5, 5.41) is 0. The number of hydrogen-bond donors (Lipinski definition) is 0. The number of benzene rings is 2. The molecule has 4 rings (SSSR count). The van der Waals surface area contributed by atoms with Crippen LogP contribution in [0.15, 0.2) is 46.3 Å². The van der Waals surface area contributed by atoms with E-state index in [0.29, 0.717) is 16.9 Å². The van der Waals surface area contributed by atoms with E-state index in [9.17, 15) is 13.2 Å². The molecule has 1 amide bonds. The molecule has 3 aromatic rings. The molecule has 2 heterocycles. The van der Waals surface area contributed by atoms with Gasteiger partial charge in [-0.05, 0) is 87.6 Å². The van der Waals surface area contributed by atoms with E-state index >= 15 is 0 Å². The van der Waals surface area contributed by atoms with Gasteiger partial charge in [0.25, 0.3) is 5.91 Å². The Balaban J connectivity index is 1.67. The lowest BCUT2D eigenvalue weighted by molar-refractivity contribution is 0.0997. The van der Waals surface area contributed by atoms with Gasteiger partial charge in [0.2, 0.25) is 10.0 Å². The number of aromatic nitrogens is 1. The molecule has 1 fully saturated rings. The lowest BCUT2D eigenvalue weighted by Crippen LogP contribution is -2.41. The minimum Gasteiger partial charge on any atom is -0.316 e. The minimum atomic E-state index is -3.56. The first-order valence-electron chi connectivity index (χ1n) is 11.5. The molecule has 0 radical (unpaired) electrons. The smallest absolute Gasteiger partial charge is 0.279 e. The van der Waals surface area contributed by atoms with E-state index in [0.717, 1.165) is 42.4 Å². The van der Waals surface area contributed by atoms with Crippen LogP contribution in [0, 0.1) is 13.8 Å². The first kappa shape index (κ1) is 23.9. The number of thiazole rings is 1. The highest BCUT2D eigenvalue weighted by Gasteiger charge is 2.30. The molecule has 1 atom stereocenters. The Morgan fingerprint density at radius 1 is 1.12 bits per heavy atom. The van der Waals surface area contributed by atoms with Crippen LogP contribution in [0.25, 0.3) is 10.2 Å². The third kappa shape index (κ3) is 4.69. The van der Waals surface area contributed by atoms with Crippen molar-refractivity contribution in [1.29, 1.82) is 0 Å². The lowest BCUT2D eigenvalue weighted by atomic mass is 10.1. The molecule has 0 N–H and O–H groups in total. The van der Waals surface area contributed by atoms with Gasteiger partial charge in [-0.1, -0.05) is 24.7 Å². The zero-order valence-electron chi connectivity index (χ0n) is 19.7. The molecule has 1 unspecified atom stereocenters. The largest absolute Gasteiger partial charge is 0.316 e. The summed E-state index contributed by atoms with van der Waals surface area (Å²) in [6.45, 7) is 9.55. The molecule has 6 nitrogen and oxygen atoms in total. The van der Waals surface area contributed by atoms with Gasteiger partial charge in [0.05, 0.1) is 15.1 Å². The maximum Gasteiger partial charge on any atom is 0.279 e. The zero-order valence-corrected chi connectivity index (χ0v) is 21.3. The van der Waals surface area contributed by atoms with Crippen molar-refractivity contribution in [2.45, 2.75) is 70.9 Å². The lowest BCUT2D eigenvalue weighted by Gasteiger charge is -2.32. The second kappa shape index (κ2) is 9.52. The topological polar surface area (TPSA) is 71.7 Å². The van der Waals surface area contributed by atoms with E-state index < -0.39 is 10.0 Å². The van der Waals surface area contributed by atoms with Gasteiger partial charge >= 0.3 is 0 Å². The Kier molecular flexibility index (Phi) is 6.88. The summed E-state index contributed by atoms with van der Waals surface area (Å²) in [4.78, 5) is 18.3. The Hall–Kier alpha value is -2.29. The average molecular weight is 486 g/mol. The first-order chi connectivity index (χ1) is 15.7. The zero-order chi connectivity index (χ0) is 23.8. The summed E-state index contributed by atoms with van der Waals surface area (Å²) < 4.78 is 30.9. The maximum absolute atomic E-state index is 13.1. The highest BCUT2D eigenvalue weighted by molar-refractivity contribution is 7.89. The van der Waals surface area contributed by atoms with Crippen LogP contribution < -0.4 is 4.80 Å². The standard InChI is InChI=1S/C25H31N3O3S2/c1-5-13-27-22-15-17(2)18(3)16-23(22)32-25(27)26-24(29)20-9-11-21(12-10-20)33(30,31)28-14-7-6-8-19(28)4/h9-12,15-16,19H,5-8,13-14H2,1-4H3. The van der Waals surface area contributed by atoms with E-state index in [2.05, 4.69) is 42.5 Å². The van der Waals surface area contributed by atoms with Crippen LogP contribution in [0.4, 0.5) is 0 Å². The van der Waals surface area contributed by atoms with E-state index in [4.69, 9.17) is 0 Å². The molecule has 0 bridgehead atoms. The molecule has 1 saturated heterocycles. The molecule has 1 aliphatic heterocycles. The number of rotatable bonds is 5. The summed E-state index contributed by atoms with van der Waals surface area (Å²) in [5.74, 6) is -0.366. The predicted octanol–water partition coefficient (Wildman–Crippen LogP) is 5.03. The number of carbonyl (C=O) groups is 1. The Morgan fingerprint density at radius 3 is 2.48 bits per heavy atom. The van der Waals surface area contributed by atoms with Gasteiger partial charge in [-0.2, -0.15) is 9.30 Å². The Labute approximate surface area is 199 Å². The van der Waals surface area contributed by atoms with Crippen LogP contribution in [0.5, 0.6) is 0 Å². The van der Waals surface area contributed by atoms with Gasteiger partial charge in [-0.15, -0.1) is 0 Å². The van der Waals surface area contributed by atoms with Crippen LogP contribution in [-0.4, -0.2) is 35.8 Å². The molecule has 8 heteroatoms. The van der Waals surface area contributed by atoms with Gasteiger partial charge in [0.15, 0.2) is 4.80 Å².